The molecule has 0 aliphatic carbocycles. The second-order valence-corrected chi connectivity index (χ2v) is 9.35. The van der Waals surface area contributed by atoms with E-state index in [1.807, 2.05) is 30.5 Å². The number of aromatic amines is 1. The van der Waals surface area contributed by atoms with Crippen molar-refractivity contribution < 1.29 is 13.2 Å². The van der Waals surface area contributed by atoms with Gasteiger partial charge >= 0.3 is 6.03 Å². The van der Waals surface area contributed by atoms with Crippen molar-refractivity contribution in [2.24, 2.45) is 0 Å². The first-order valence-corrected chi connectivity index (χ1v) is 11.4. The fraction of sp³-hybridized carbons (Fsp3) is 0.500. The highest BCUT2D eigenvalue weighted by atomic mass is 32.2. The van der Waals surface area contributed by atoms with Crippen LogP contribution in [-0.4, -0.2) is 65.9 Å². The van der Waals surface area contributed by atoms with Crippen LogP contribution in [0, 0.1) is 0 Å². The minimum atomic E-state index is -3.00. The molecule has 2 N–H and O–H groups in total. The van der Waals surface area contributed by atoms with Crippen LogP contribution in [0.25, 0.3) is 11.0 Å². The number of carbonyl (C=O) groups is 1. The number of urea groups is 1. The summed E-state index contributed by atoms with van der Waals surface area (Å²) in [5, 5.41) is 3.01. The third-order valence-corrected chi connectivity index (χ3v) is 6.53. The number of amides is 2. The Balaban J connectivity index is 1.73. The van der Waals surface area contributed by atoms with E-state index in [4.69, 9.17) is 0 Å². The Hall–Kier alpha value is -1.74. The number of thioether (sulfide) groups is 1. The van der Waals surface area contributed by atoms with Crippen LogP contribution in [0.5, 0.6) is 0 Å². The average molecular weight is 383 g/mol. The maximum Gasteiger partial charge on any atom is 0.318 e. The maximum absolute atomic E-state index is 12.5. The molecule has 0 spiro atoms. The van der Waals surface area contributed by atoms with E-state index in [2.05, 4.69) is 15.3 Å². The number of carbonyl (C=O) groups excluding carboxylic acids is 1. The number of benzene rings is 1. The highest BCUT2D eigenvalue weighted by molar-refractivity contribution is 7.98. The number of rotatable bonds is 5. The van der Waals surface area contributed by atoms with E-state index in [-0.39, 0.29) is 36.7 Å². The van der Waals surface area contributed by atoms with E-state index in [9.17, 15) is 13.2 Å². The Morgan fingerprint density at radius 2 is 2.08 bits per heavy atom. The lowest BCUT2D eigenvalue weighted by atomic mass is 10.2. The Bertz CT molecular complexity index is 803. The molecule has 1 atom stereocenters. The predicted octanol–water partition coefficient (Wildman–Crippen LogP) is 1.80. The second kappa shape index (κ2) is 7.65. The zero-order valence-corrected chi connectivity index (χ0v) is 15.7. The van der Waals surface area contributed by atoms with E-state index in [1.165, 1.54) is 0 Å². The SMILES string of the molecule is CSCC[C@H](NC(=O)N1CCS(=O)(=O)CC1)c1nc2ccccc2[nH]1. The van der Waals surface area contributed by atoms with Gasteiger partial charge in [-0.3, -0.25) is 0 Å². The molecule has 1 aliphatic rings. The molecule has 2 amide bonds. The Morgan fingerprint density at radius 1 is 1.36 bits per heavy atom. The monoisotopic (exact) mass is 382 g/mol. The molecule has 25 heavy (non-hydrogen) atoms. The van der Waals surface area contributed by atoms with Crippen molar-refractivity contribution in [2.45, 2.75) is 12.5 Å². The van der Waals surface area contributed by atoms with Gasteiger partial charge in [0, 0.05) is 13.1 Å². The Kier molecular flexibility index (Phi) is 5.53. The van der Waals surface area contributed by atoms with Crippen LogP contribution in [0.3, 0.4) is 0 Å². The highest BCUT2D eigenvalue weighted by Gasteiger charge is 2.27. The van der Waals surface area contributed by atoms with Gasteiger partial charge in [0.15, 0.2) is 9.84 Å². The van der Waals surface area contributed by atoms with Gasteiger partial charge in [-0.2, -0.15) is 11.8 Å². The summed E-state index contributed by atoms with van der Waals surface area (Å²) in [4.78, 5) is 22.0. The van der Waals surface area contributed by atoms with Gasteiger partial charge in [0.1, 0.15) is 5.82 Å². The van der Waals surface area contributed by atoms with E-state index in [0.29, 0.717) is 0 Å². The van der Waals surface area contributed by atoms with Crippen LogP contribution in [0.15, 0.2) is 24.3 Å². The van der Waals surface area contributed by atoms with Crippen molar-refractivity contribution in [3.8, 4) is 0 Å². The van der Waals surface area contributed by atoms with E-state index >= 15 is 0 Å². The lowest BCUT2D eigenvalue weighted by molar-refractivity contribution is 0.197. The maximum atomic E-state index is 12.5. The average Bonchev–Trinajstić information content (AvgIpc) is 3.02. The molecule has 1 aliphatic heterocycles. The zero-order chi connectivity index (χ0) is 17.9. The largest absolute Gasteiger partial charge is 0.340 e. The van der Waals surface area contributed by atoms with Crippen LogP contribution in [0.4, 0.5) is 4.79 Å². The fourth-order valence-electron chi connectivity index (χ4n) is 2.81. The standard InChI is InChI=1S/C16H22N4O3S2/c1-24-9-6-14(15-17-12-4-2-3-5-13(12)18-15)19-16(21)20-7-10-25(22,23)11-8-20/h2-5,14H,6-11H2,1H3,(H,17,18)(H,19,21)/t14-/m0/s1. The topological polar surface area (TPSA) is 95.2 Å². The van der Waals surface area contributed by atoms with Crippen LogP contribution in [0.1, 0.15) is 18.3 Å². The van der Waals surface area contributed by atoms with Crippen molar-refractivity contribution in [1.29, 1.82) is 0 Å². The molecule has 0 saturated carbocycles. The molecule has 9 heteroatoms. The number of imidazole rings is 1. The lowest BCUT2D eigenvalue weighted by Crippen LogP contribution is -2.49. The summed E-state index contributed by atoms with van der Waals surface area (Å²) in [6.45, 7) is 0.479. The molecule has 0 unspecified atom stereocenters. The molecular weight excluding hydrogens is 360 g/mol. The van der Waals surface area contributed by atoms with Crippen LogP contribution >= 0.6 is 11.8 Å². The van der Waals surface area contributed by atoms with E-state index in [0.717, 1.165) is 29.0 Å². The first-order valence-electron chi connectivity index (χ1n) is 8.18. The molecule has 2 heterocycles. The van der Waals surface area contributed by atoms with Crippen molar-refractivity contribution >= 4 is 38.7 Å². The molecule has 3 rings (SSSR count). The van der Waals surface area contributed by atoms with Gasteiger partial charge < -0.3 is 15.2 Å². The van der Waals surface area contributed by atoms with Crippen molar-refractivity contribution in [3.05, 3.63) is 30.1 Å². The smallest absolute Gasteiger partial charge is 0.318 e. The second-order valence-electron chi connectivity index (χ2n) is 6.06. The molecule has 0 bridgehead atoms. The van der Waals surface area contributed by atoms with Crippen LogP contribution < -0.4 is 5.32 Å². The predicted molar refractivity (Wildman–Crippen MR) is 101 cm³/mol. The van der Waals surface area contributed by atoms with Crippen molar-refractivity contribution in [2.75, 3.05) is 36.6 Å². The molecule has 7 nitrogen and oxygen atoms in total. The van der Waals surface area contributed by atoms with Gasteiger partial charge in [0.2, 0.25) is 0 Å². The molecule has 1 aromatic heterocycles. The van der Waals surface area contributed by atoms with Crippen molar-refractivity contribution in [3.63, 3.8) is 0 Å². The number of aromatic nitrogens is 2. The highest BCUT2D eigenvalue weighted by Crippen LogP contribution is 2.20. The quantitative estimate of drug-likeness (QED) is 0.822. The van der Waals surface area contributed by atoms with Crippen molar-refractivity contribution in [1.82, 2.24) is 20.2 Å². The molecular formula is C16H22N4O3S2. The molecule has 2 aromatic rings. The van der Waals surface area contributed by atoms with Gasteiger partial charge in [-0.05, 0) is 30.6 Å². The first kappa shape index (κ1) is 18.1. The third-order valence-electron chi connectivity index (χ3n) is 4.28. The summed E-state index contributed by atoms with van der Waals surface area (Å²) >= 11 is 1.71. The van der Waals surface area contributed by atoms with E-state index in [1.54, 1.807) is 16.7 Å². The van der Waals surface area contributed by atoms with E-state index < -0.39 is 9.84 Å². The summed E-state index contributed by atoms with van der Waals surface area (Å²) in [6, 6.07) is 7.28. The molecule has 1 fully saturated rings. The van der Waals surface area contributed by atoms with Crippen LogP contribution in [0.2, 0.25) is 0 Å². The Morgan fingerprint density at radius 3 is 2.76 bits per heavy atom. The molecule has 1 saturated heterocycles. The summed E-state index contributed by atoms with van der Waals surface area (Å²) in [5.41, 5.74) is 1.80. The number of fused-ring (bicyclic) bond motifs is 1. The number of nitrogens with zero attached hydrogens (tertiary/aromatic N) is 2. The summed E-state index contributed by atoms with van der Waals surface area (Å²) in [7, 11) is -3.00. The van der Waals surface area contributed by atoms with Gasteiger partial charge in [0.25, 0.3) is 0 Å². The first-order chi connectivity index (χ1) is 12.0. The number of para-hydroxylation sites is 2. The summed E-state index contributed by atoms with van der Waals surface area (Å²) in [5.74, 6) is 1.67. The number of hydrogen-bond donors (Lipinski definition) is 2. The lowest BCUT2D eigenvalue weighted by Gasteiger charge is -2.28. The van der Waals surface area contributed by atoms with Crippen LogP contribution in [-0.2, 0) is 9.84 Å². The summed E-state index contributed by atoms with van der Waals surface area (Å²) < 4.78 is 23.1. The van der Waals surface area contributed by atoms with Gasteiger partial charge in [0.05, 0.1) is 28.6 Å². The van der Waals surface area contributed by atoms with Gasteiger partial charge in [-0.25, -0.2) is 18.2 Å². The van der Waals surface area contributed by atoms with Gasteiger partial charge in [-0.1, -0.05) is 12.1 Å². The fourth-order valence-corrected chi connectivity index (χ4v) is 4.48. The number of hydrogen-bond acceptors (Lipinski definition) is 5. The molecule has 0 radical (unpaired) electrons. The molecule has 1 aromatic carbocycles. The Labute approximate surface area is 151 Å². The third kappa shape index (κ3) is 4.46. The minimum absolute atomic E-state index is 0.0283. The van der Waals surface area contributed by atoms with Gasteiger partial charge in [-0.15, -0.1) is 0 Å². The minimum Gasteiger partial charge on any atom is -0.340 e. The molecule has 136 valence electrons. The number of nitrogens with one attached hydrogen (secondary N) is 2. The summed E-state index contributed by atoms with van der Waals surface area (Å²) in [6.07, 6.45) is 2.77. The normalized spacial score (nSPS) is 18.2. The number of sulfone groups is 1. The zero-order valence-electron chi connectivity index (χ0n) is 14.1. The number of H-pyrrole nitrogens is 1.